The van der Waals surface area contributed by atoms with Crippen molar-refractivity contribution in [2.45, 2.75) is 57.5 Å². The Morgan fingerprint density at radius 3 is 2.76 bits per heavy atom. The highest BCUT2D eigenvalue weighted by atomic mass is 15.0. The molecule has 0 bridgehead atoms. The minimum atomic E-state index is 0.601. The number of nitrogens with zero attached hydrogens (tertiary/aromatic N) is 1. The number of aryl methyl sites for hydroxylation is 1. The minimum absolute atomic E-state index is 0.601. The molecule has 1 saturated carbocycles. The molecule has 1 aromatic rings. The maximum Gasteiger partial charge on any atom is 0.0335 e. The van der Waals surface area contributed by atoms with Gasteiger partial charge in [-0.1, -0.05) is 12.8 Å². The van der Waals surface area contributed by atoms with Crippen LogP contribution in [0.5, 0.6) is 0 Å². The summed E-state index contributed by atoms with van der Waals surface area (Å²) in [5, 5.41) is 3.45. The summed E-state index contributed by atoms with van der Waals surface area (Å²) in [4.78, 5) is 0. The molecule has 2 heteroatoms. The second-order valence-corrected chi connectivity index (χ2v) is 5.82. The fourth-order valence-corrected chi connectivity index (χ4v) is 3.64. The molecule has 2 aliphatic rings. The second kappa shape index (κ2) is 4.85. The van der Waals surface area contributed by atoms with Crippen molar-refractivity contribution >= 4 is 0 Å². The molecule has 1 atom stereocenters. The van der Waals surface area contributed by atoms with E-state index in [4.69, 9.17) is 0 Å². The normalized spacial score (nSPS) is 25.1. The first-order valence-electron chi connectivity index (χ1n) is 7.22. The number of aromatic nitrogens is 1. The summed E-state index contributed by atoms with van der Waals surface area (Å²) >= 11 is 0. The van der Waals surface area contributed by atoms with Crippen LogP contribution < -0.4 is 5.32 Å². The van der Waals surface area contributed by atoms with Gasteiger partial charge in [-0.2, -0.15) is 0 Å². The van der Waals surface area contributed by atoms with Crippen LogP contribution in [-0.4, -0.2) is 11.6 Å². The Hall–Kier alpha value is -0.760. The number of hydrogen-bond acceptors (Lipinski definition) is 1. The maximum absolute atomic E-state index is 3.45. The second-order valence-electron chi connectivity index (χ2n) is 5.82. The molecule has 0 saturated heterocycles. The lowest BCUT2D eigenvalue weighted by atomic mass is 9.91. The van der Waals surface area contributed by atoms with E-state index < -0.39 is 0 Å². The summed E-state index contributed by atoms with van der Waals surface area (Å²) in [6, 6.07) is 0.601. The van der Waals surface area contributed by atoms with Gasteiger partial charge in [-0.15, -0.1) is 0 Å². The van der Waals surface area contributed by atoms with Gasteiger partial charge < -0.3 is 9.88 Å². The molecule has 1 N–H and O–H groups in total. The first-order valence-corrected chi connectivity index (χ1v) is 7.22. The molecule has 2 nitrogen and oxygen atoms in total. The Labute approximate surface area is 104 Å². The van der Waals surface area contributed by atoms with E-state index in [0.717, 1.165) is 5.92 Å². The number of rotatable bonds is 3. The Kier molecular flexibility index (Phi) is 3.24. The molecule has 1 fully saturated rings. The van der Waals surface area contributed by atoms with Crippen LogP contribution >= 0.6 is 0 Å². The van der Waals surface area contributed by atoms with E-state index in [1.54, 1.807) is 11.1 Å². The zero-order valence-corrected chi connectivity index (χ0v) is 10.9. The predicted octanol–water partition coefficient (Wildman–Crippen LogP) is 3.28. The highest BCUT2D eigenvalue weighted by molar-refractivity contribution is 5.30. The third-order valence-electron chi connectivity index (χ3n) is 4.60. The molecule has 1 aromatic heterocycles. The fourth-order valence-electron chi connectivity index (χ4n) is 3.64. The molecule has 1 unspecified atom stereocenters. The van der Waals surface area contributed by atoms with E-state index in [9.17, 15) is 0 Å². The molecular weight excluding hydrogens is 208 g/mol. The molecule has 0 amide bonds. The monoisotopic (exact) mass is 232 g/mol. The van der Waals surface area contributed by atoms with Crippen molar-refractivity contribution in [1.82, 2.24) is 9.88 Å². The van der Waals surface area contributed by atoms with E-state index in [0.29, 0.717) is 6.04 Å². The van der Waals surface area contributed by atoms with Crippen LogP contribution in [0.25, 0.3) is 0 Å². The fraction of sp³-hybridized carbons (Fsp3) is 0.733. The van der Waals surface area contributed by atoms with Gasteiger partial charge in [-0.3, -0.25) is 0 Å². The highest BCUT2D eigenvalue weighted by Gasteiger charge is 2.22. The number of fused-ring (bicyclic) bond motifs is 1. The Balaban J connectivity index is 1.75. The first kappa shape index (κ1) is 11.3. The molecule has 0 radical (unpaired) electrons. The topological polar surface area (TPSA) is 17.0 Å². The predicted molar refractivity (Wildman–Crippen MR) is 71.1 cm³/mol. The van der Waals surface area contributed by atoms with Gasteiger partial charge in [0.05, 0.1) is 0 Å². The summed E-state index contributed by atoms with van der Waals surface area (Å²) in [7, 11) is 2.09. The van der Waals surface area contributed by atoms with Gasteiger partial charge in [0.1, 0.15) is 0 Å². The van der Waals surface area contributed by atoms with E-state index in [2.05, 4.69) is 29.3 Å². The Morgan fingerprint density at radius 2 is 2.00 bits per heavy atom. The first-order chi connectivity index (χ1) is 8.36. The lowest BCUT2D eigenvalue weighted by Gasteiger charge is -2.21. The number of nitrogens with one attached hydrogen (secondary N) is 1. The summed E-state index contributed by atoms with van der Waals surface area (Å²) < 4.78 is 2.47. The van der Waals surface area contributed by atoms with Crippen molar-refractivity contribution in [3.05, 3.63) is 23.5 Å². The third-order valence-corrected chi connectivity index (χ3v) is 4.60. The van der Waals surface area contributed by atoms with E-state index in [-0.39, 0.29) is 0 Å². The van der Waals surface area contributed by atoms with Gasteiger partial charge in [0.25, 0.3) is 0 Å². The molecular formula is C15H24N2. The van der Waals surface area contributed by atoms with Crippen LogP contribution in [0.15, 0.2) is 12.4 Å². The van der Waals surface area contributed by atoms with E-state index >= 15 is 0 Å². The molecule has 0 spiro atoms. The smallest absolute Gasteiger partial charge is 0.0335 e. The zero-order chi connectivity index (χ0) is 11.7. The van der Waals surface area contributed by atoms with Gasteiger partial charge >= 0.3 is 0 Å². The zero-order valence-electron chi connectivity index (χ0n) is 10.9. The third kappa shape index (κ3) is 2.28. The van der Waals surface area contributed by atoms with E-state index in [1.807, 2.05) is 0 Å². The molecule has 17 heavy (non-hydrogen) atoms. The molecule has 0 aromatic carbocycles. The van der Waals surface area contributed by atoms with Crippen molar-refractivity contribution in [2.75, 3.05) is 7.05 Å². The maximum atomic E-state index is 3.45. The highest BCUT2D eigenvalue weighted by Crippen LogP contribution is 2.32. The van der Waals surface area contributed by atoms with Crippen LogP contribution in [0.2, 0.25) is 0 Å². The quantitative estimate of drug-likeness (QED) is 0.846. The molecule has 94 valence electrons. The standard InChI is InChI=1S/C15H24N2/c1-16-15-8-4-7-13-10-17(11-14(13)15)9-12-5-2-3-6-12/h10-12,15-16H,2-9H2,1H3. The largest absolute Gasteiger partial charge is 0.353 e. The average molecular weight is 232 g/mol. The van der Waals surface area contributed by atoms with Crippen LogP contribution in [0.1, 0.15) is 55.7 Å². The average Bonchev–Trinajstić information content (AvgIpc) is 2.97. The van der Waals surface area contributed by atoms with Gasteiger partial charge in [0.2, 0.25) is 0 Å². The van der Waals surface area contributed by atoms with Gasteiger partial charge in [-0.05, 0) is 56.2 Å². The SMILES string of the molecule is CNC1CCCc2cn(CC3CCCC3)cc21. The van der Waals surface area contributed by atoms with Crippen molar-refractivity contribution in [3.8, 4) is 0 Å². The molecule has 0 aliphatic heterocycles. The summed E-state index contributed by atoms with van der Waals surface area (Å²) in [6.45, 7) is 1.25. The van der Waals surface area contributed by atoms with Crippen LogP contribution in [0.3, 0.4) is 0 Å². The summed E-state index contributed by atoms with van der Waals surface area (Å²) in [6.07, 6.45) is 14.5. The van der Waals surface area contributed by atoms with Crippen LogP contribution in [-0.2, 0) is 13.0 Å². The van der Waals surface area contributed by atoms with Crippen LogP contribution in [0, 0.1) is 5.92 Å². The summed E-state index contributed by atoms with van der Waals surface area (Å²) in [5.74, 6) is 0.942. The Morgan fingerprint density at radius 1 is 1.18 bits per heavy atom. The Bertz CT molecular complexity index is 374. The lowest BCUT2D eigenvalue weighted by Crippen LogP contribution is -2.20. The van der Waals surface area contributed by atoms with Crippen molar-refractivity contribution in [3.63, 3.8) is 0 Å². The van der Waals surface area contributed by atoms with Gasteiger partial charge in [-0.25, -0.2) is 0 Å². The lowest BCUT2D eigenvalue weighted by molar-refractivity contribution is 0.457. The van der Waals surface area contributed by atoms with Crippen molar-refractivity contribution in [1.29, 1.82) is 0 Å². The van der Waals surface area contributed by atoms with Crippen molar-refractivity contribution in [2.24, 2.45) is 5.92 Å². The number of hydrogen-bond donors (Lipinski definition) is 1. The summed E-state index contributed by atoms with van der Waals surface area (Å²) in [5.41, 5.74) is 3.16. The molecule has 2 aliphatic carbocycles. The molecule has 3 rings (SSSR count). The minimum Gasteiger partial charge on any atom is -0.353 e. The van der Waals surface area contributed by atoms with E-state index in [1.165, 1.54) is 51.5 Å². The van der Waals surface area contributed by atoms with Gasteiger partial charge in [0, 0.05) is 25.0 Å². The molecule has 1 heterocycles. The van der Waals surface area contributed by atoms with Gasteiger partial charge in [0.15, 0.2) is 0 Å². The van der Waals surface area contributed by atoms with Crippen molar-refractivity contribution < 1.29 is 0 Å². The van der Waals surface area contributed by atoms with Crippen LogP contribution in [0.4, 0.5) is 0 Å².